The van der Waals surface area contributed by atoms with E-state index in [9.17, 15) is 9.50 Å². The lowest BCUT2D eigenvalue weighted by Gasteiger charge is -2.04. The molecule has 0 aliphatic heterocycles. The molecule has 0 radical (unpaired) electrons. The second kappa shape index (κ2) is 3.27. The smallest absolute Gasteiger partial charge is 0.123 e. The second-order valence-corrected chi connectivity index (χ2v) is 3.18. The molecule has 0 amide bonds. The molecule has 0 fully saturated rings. The monoisotopic (exact) mass is 191 g/mol. The van der Waals surface area contributed by atoms with Crippen molar-refractivity contribution in [1.82, 2.24) is 0 Å². The molecule has 0 spiro atoms. The minimum atomic E-state index is -0.314. The van der Waals surface area contributed by atoms with Gasteiger partial charge in [-0.05, 0) is 41.3 Å². The van der Waals surface area contributed by atoms with Crippen LogP contribution in [0.4, 0.5) is 4.39 Å². The first kappa shape index (κ1) is 8.97. The van der Waals surface area contributed by atoms with Gasteiger partial charge in [0.2, 0.25) is 0 Å². The van der Waals surface area contributed by atoms with Crippen molar-refractivity contribution in [2.24, 2.45) is 5.73 Å². The van der Waals surface area contributed by atoms with Crippen LogP contribution in [0.15, 0.2) is 30.3 Å². The second-order valence-electron chi connectivity index (χ2n) is 3.18. The number of phenols is 1. The number of hydrogen-bond acceptors (Lipinski definition) is 2. The molecule has 72 valence electrons. The van der Waals surface area contributed by atoms with Crippen LogP contribution in [0.25, 0.3) is 10.8 Å². The van der Waals surface area contributed by atoms with Crippen LogP contribution in [0.2, 0.25) is 0 Å². The zero-order chi connectivity index (χ0) is 10.1. The SMILES string of the molecule is NCc1cc(O)c2ccc(F)cc2c1. The number of fused-ring (bicyclic) bond motifs is 1. The molecule has 2 rings (SSSR count). The van der Waals surface area contributed by atoms with Crippen molar-refractivity contribution in [3.05, 3.63) is 41.7 Å². The quantitative estimate of drug-likeness (QED) is 0.725. The molecule has 0 heterocycles. The number of aromatic hydroxyl groups is 1. The van der Waals surface area contributed by atoms with Gasteiger partial charge in [-0.15, -0.1) is 0 Å². The Morgan fingerprint density at radius 3 is 2.71 bits per heavy atom. The summed E-state index contributed by atoms with van der Waals surface area (Å²) in [4.78, 5) is 0. The summed E-state index contributed by atoms with van der Waals surface area (Å²) in [5, 5.41) is 10.9. The van der Waals surface area contributed by atoms with Crippen LogP contribution in [0.3, 0.4) is 0 Å². The molecule has 0 aromatic heterocycles. The van der Waals surface area contributed by atoms with Crippen molar-refractivity contribution in [1.29, 1.82) is 0 Å². The number of nitrogens with two attached hydrogens (primary N) is 1. The van der Waals surface area contributed by atoms with Gasteiger partial charge in [-0.3, -0.25) is 0 Å². The van der Waals surface area contributed by atoms with E-state index in [-0.39, 0.29) is 11.6 Å². The van der Waals surface area contributed by atoms with E-state index in [1.54, 1.807) is 18.2 Å². The van der Waals surface area contributed by atoms with E-state index in [0.717, 1.165) is 5.56 Å². The largest absolute Gasteiger partial charge is 0.507 e. The lowest BCUT2D eigenvalue weighted by atomic mass is 10.1. The van der Waals surface area contributed by atoms with Crippen LogP contribution >= 0.6 is 0 Å². The van der Waals surface area contributed by atoms with E-state index in [1.807, 2.05) is 0 Å². The highest BCUT2D eigenvalue weighted by Crippen LogP contribution is 2.26. The summed E-state index contributed by atoms with van der Waals surface area (Å²) < 4.78 is 12.9. The normalized spacial score (nSPS) is 10.7. The minimum Gasteiger partial charge on any atom is -0.507 e. The molecule has 2 aromatic carbocycles. The fourth-order valence-corrected chi connectivity index (χ4v) is 1.50. The van der Waals surface area contributed by atoms with Crippen LogP contribution in [0.5, 0.6) is 5.75 Å². The first-order valence-corrected chi connectivity index (χ1v) is 4.32. The van der Waals surface area contributed by atoms with Crippen LogP contribution in [-0.4, -0.2) is 5.11 Å². The lowest BCUT2D eigenvalue weighted by Crippen LogP contribution is -1.95. The molecule has 0 saturated heterocycles. The summed E-state index contributed by atoms with van der Waals surface area (Å²) in [7, 11) is 0. The van der Waals surface area contributed by atoms with Crippen molar-refractivity contribution >= 4 is 10.8 Å². The maximum Gasteiger partial charge on any atom is 0.123 e. The van der Waals surface area contributed by atoms with Gasteiger partial charge in [0, 0.05) is 11.9 Å². The average Bonchev–Trinajstić information content (AvgIpc) is 2.16. The van der Waals surface area contributed by atoms with Crippen molar-refractivity contribution < 1.29 is 9.50 Å². The molecular weight excluding hydrogens is 181 g/mol. The third kappa shape index (κ3) is 1.42. The van der Waals surface area contributed by atoms with Gasteiger partial charge in [0.1, 0.15) is 11.6 Å². The molecule has 3 heteroatoms. The number of rotatable bonds is 1. The Kier molecular flexibility index (Phi) is 2.09. The Hall–Kier alpha value is -1.61. The average molecular weight is 191 g/mol. The van der Waals surface area contributed by atoms with E-state index in [1.165, 1.54) is 12.1 Å². The van der Waals surface area contributed by atoms with Crippen molar-refractivity contribution in [2.75, 3.05) is 0 Å². The van der Waals surface area contributed by atoms with Gasteiger partial charge in [-0.1, -0.05) is 0 Å². The fourth-order valence-electron chi connectivity index (χ4n) is 1.50. The van der Waals surface area contributed by atoms with E-state index in [0.29, 0.717) is 17.3 Å². The predicted molar refractivity (Wildman–Crippen MR) is 53.5 cm³/mol. The molecule has 14 heavy (non-hydrogen) atoms. The van der Waals surface area contributed by atoms with Crippen LogP contribution in [-0.2, 0) is 6.54 Å². The van der Waals surface area contributed by atoms with Crippen molar-refractivity contribution in [2.45, 2.75) is 6.54 Å². The number of hydrogen-bond donors (Lipinski definition) is 2. The molecule has 0 aliphatic carbocycles. The summed E-state index contributed by atoms with van der Waals surface area (Å²) in [6, 6.07) is 7.64. The molecule has 0 saturated carbocycles. The topological polar surface area (TPSA) is 46.2 Å². The Morgan fingerprint density at radius 1 is 1.21 bits per heavy atom. The zero-order valence-corrected chi connectivity index (χ0v) is 7.50. The summed E-state index contributed by atoms with van der Waals surface area (Å²) in [5.41, 5.74) is 6.24. The molecule has 0 unspecified atom stereocenters. The van der Waals surface area contributed by atoms with Gasteiger partial charge in [0.25, 0.3) is 0 Å². The summed E-state index contributed by atoms with van der Waals surface area (Å²) in [6.07, 6.45) is 0. The maximum atomic E-state index is 12.9. The summed E-state index contributed by atoms with van der Waals surface area (Å²) >= 11 is 0. The first-order valence-electron chi connectivity index (χ1n) is 4.32. The van der Waals surface area contributed by atoms with Gasteiger partial charge >= 0.3 is 0 Å². The van der Waals surface area contributed by atoms with Gasteiger partial charge in [0.15, 0.2) is 0 Å². The van der Waals surface area contributed by atoms with E-state index < -0.39 is 0 Å². The fraction of sp³-hybridized carbons (Fsp3) is 0.0909. The molecule has 0 bridgehead atoms. The van der Waals surface area contributed by atoms with Crippen molar-refractivity contribution in [3.8, 4) is 5.75 Å². The number of benzene rings is 2. The lowest BCUT2D eigenvalue weighted by molar-refractivity contribution is 0.481. The number of halogens is 1. The molecule has 0 aliphatic rings. The maximum absolute atomic E-state index is 12.9. The first-order chi connectivity index (χ1) is 6.70. The van der Waals surface area contributed by atoms with E-state index in [2.05, 4.69) is 0 Å². The predicted octanol–water partition coefficient (Wildman–Crippen LogP) is 2.14. The minimum absolute atomic E-state index is 0.142. The van der Waals surface area contributed by atoms with Gasteiger partial charge in [-0.25, -0.2) is 4.39 Å². The zero-order valence-electron chi connectivity index (χ0n) is 7.50. The Morgan fingerprint density at radius 2 is 2.00 bits per heavy atom. The van der Waals surface area contributed by atoms with Gasteiger partial charge in [0.05, 0.1) is 0 Å². The van der Waals surface area contributed by atoms with E-state index >= 15 is 0 Å². The standard InChI is InChI=1S/C11H10FNO/c12-9-1-2-10-8(5-9)3-7(6-13)4-11(10)14/h1-5,14H,6,13H2. The van der Waals surface area contributed by atoms with E-state index in [4.69, 9.17) is 5.73 Å². The highest BCUT2D eigenvalue weighted by Gasteiger charge is 2.02. The Balaban J connectivity index is 2.77. The molecule has 2 nitrogen and oxygen atoms in total. The third-order valence-electron chi connectivity index (χ3n) is 2.19. The highest BCUT2D eigenvalue weighted by atomic mass is 19.1. The Bertz CT molecular complexity index is 482. The summed E-state index contributed by atoms with van der Waals surface area (Å²) in [6.45, 7) is 0.333. The molecule has 2 aromatic rings. The molecule has 0 atom stereocenters. The summed E-state index contributed by atoms with van der Waals surface area (Å²) in [5.74, 6) is -0.172. The molecule has 3 N–H and O–H groups in total. The van der Waals surface area contributed by atoms with Crippen molar-refractivity contribution in [3.63, 3.8) is 0 Å². The molecular formula is C11H10FNO. The third-order valence-corrected chi connectivity index (χ3v) is 2.19. The van der Waals surface area contributed by atoms with Gasteiger partial charge in [-0.2, -0.15) is 0 Å². The van der Waals surface area contributed by atoms with Crippen LogP contribution < -0.4 is 5.73 Å². The Labute approximate surface area is 80.8 Å². The highest BCUT2D eigenvalue weighted by molar-refractivity contribution is 5.88. The van der Waals surface area contributed by atoms with Crippen LogP contribution in [0, 0.1) is 5.82 Å². The van der Waals surface area contributed by atoms with Gasteiger partial charge < -0.3 is 10.8 Å². The number of phenolic OH excluding ortho intramolecular Hbond substituents is 1. The van der Waals surface area contributed by atoms with Crippen LogP contribution in [0.1, 0.15) is 5.56 Å².